The molecule has 2 aromatic rings. The van der Waals surface area contributed by atoms with Crippen LogP contribution in [0.1, 0.15) is 5.56 Å². The van der Waals surface area contributed by atoms with Gasteiger partial charge in [0.15, 0.2) is 0 Å². The average Bonchev–Trinajstić information content (AvgIpc) is 2.49. The van der Waals surface area contributed by atoms with Crippen LogP contribution in [0.5, 0.6) is 0 Å². The van der Waals surface area contributed by atoms with Crippen LogP contribution >= 0.6 is 0 Å². The van der Waals surface area contributed by atoms with Crippen molar-refractivity contribution in [2.45, 2.75) is 6.54 Å². The van der Waals surface area contributed by atoms with Crippen molar-refractivity contribution < 1.29 is 4.74 Å². The predicted octanol–water partition coefficient (Wildman–Crippen LogP) is 2.16. The van der Waals surface area contributed by atoms with Crippen LogP contribution < -0.4 is 5.73 Å². The minimum Gasteiger partial charge on any atom is -0.399 e. The maximum absolute atomic E-state index is 5.86. The molecule has 1 saturated heterocycles. The van der Waals surface area contributed by atoms with E-state index in [0.717, 1.165) is 49.8 Å². The molecule has 0 atom stereocenters. The van der Waals surface area contributed by atoms with Crippen molar-refractivity contribution in [3.05, 3.63) is 48.2 Å². The SMILES string of the molecule is Nc1ccnc(-c2ccccc2CN2CCOCC2)c1. The van der Waals surface area contributed by atoms with Crippen LogP contribution in [0, 0.1) is 0 Å². The highest BCUT2D eigenvalue weighted by Gasteiger charge is 2.13. The highest BCUT2D eigenvalue weighted by Crippen LogP contribution is 2.24. The lowest BCUT2D eigenvalue weighted by molar-refractivity contribution is 0.0342. The van der Waals surface area contributed by atoms with Crippen molar-refractivity contribution in [1.29, 1.82) is 0 Å². The van der Waals surface area contributed by atoms with Gasteiger partial charge in [0.2, 0.25) is 0 Å². The Hall–Kier alpha value is -1.91. The molecule has 1 aliphatic rings. The molecule has 0 amide bonds. The summed E-state index contributed by atoms with van der Waals surface area (Å²) >= 11 is 0. The van der Waals surface area contributed by atoms with Crippen LogP contribution in [-0.2, 0) is 11.3 Å². The first-order valence-corrected chi connectivity index (χ1v) is 6.93. The van der Waals surface area contributed by atoms with Crippen LogP contribution in [0.4, 0.5) is 5.69 Å². The average molecular weight is 269 g/mol. The first kappa shape index (κ1) is 13.1. The van der Waals surface area contributed by atoms with Crippen molar-refractivity contribution in [2.75, 3.05) is 32.0 Å². The Kier molecular flexibility index (Phi) is 3.95. The highest BCUT2D eigenvalue weighted by atomic mass is 16.5. The molecule has 4 nitrogen and oxygen atoms in total. The van der Waals surface area contributed by atoms with E-state index >= 15 is 0 Å². The lowest BCUT2D eigenvalue weighted by atomic mass is 10.0. The predicted molar refractivity (Wildman–Crippen MR) is 80.2 cm³/mol. The number of rotatable bonds is 3. The minimum atomic E-state index is 0.746. The largest absolute Gasteiger partial charge is 0.399 e. The molecule has 1 aromatic heterocycles. The number of nitrogen functional groups attached to an aromatic ring is 1. The normalized spacial score (nSPS) is 16.2. The fraction of sp³-hybridized carbons (Fsp3) is 0.312. The van der Waals surface area contributed by atoms with E-state index in [1.165, 1.54) is 5.56 Å². The molecular weight excluding hydrogens is 250 g/mol. The van der Waals surface area contributed by atoms with E-state index in [9.17, 15) is 0 Å². The number of ether oxygens (including phenoxy) is 1. The zero-order chi connectivity index (χ0) is 13.8. The lowest BCUT2D eigenvalue weighted by Crippen LogP contribution is -2.35. The van der Waals surface area contributed by atoms with E-state index in [-0.39, 0.29) is 0 Å². The molecule has 0 unspecified atom stereocenters. The van der Waals surface area contributed by atoms with Gasteiger partial charge in [0.25, 0.3) is 0 Å². The number of hydrogen-bond donors (Lipinski definition) is 1. The monoisotopic (exact) mass is 269 g/mol. The molecule has 0 aliphatic carbocycles. The summed E-state index contributed by atoms with van der Waals surface area (Å²) in [4.78, 5) is 6.85. The molecule has 1 fully saturated rings. The zero-order valence-corrected chi connectivity index (χ0v) is 11.5. The van der Waals surface area contributed by atoms with Crippen molar-refractivity contribution in [1.82, 2.24) is 9.88 Å². The van der Waals surface area contributed by atoms with Gasteiger partial charge in [-0.15, -0.1) is 0 Å². The van der Waals surface area contributed by atoms with E-state index < -0.39 is 0 Å². The number of nitrogens with zero attached hydrogens (tertiary/aromatic N) is 2. The topological polar surface area (TPSA) is 51.4 Å². The lowest BCUT2D eigenvalue weighted by Gasteiger charge is -2.27. The van der Waals surface area contributed by atoms with Gasteiger partial charge in [-0.1, -0.05) is 24.3 Å². The second kappa shape index (κ2) is 6.03. The minimum absolute atomic E-state index is 0.746. The molecule has 0 bridgehead atoms. The number of hydrogen-bond acceptors (Lipinski definition) is 4. The zero-order valence-electron chi connectivity index (χ0n) is 11.5. The van der Waals surface area contributed by atoms with Gasteiger partial charge in [0.1, 0.15) is 0 Å². The Bertz CT molecular complexity index is 579. The van der Waals surface area contributed by atoms with E-state index in [2.05, 4.69) is 28.1 Å². The Morgan fingerprint density at radius 2 is 1.95 bits per heavy atom. The Morgan fingerprint density at radius 3 is 2.75 bits per heavy atom. The summed E-state index contributed by atoms with van der Waals surface area (Å²) in [6.45, 7) is 4.53. The number of morpholine rings is 1. The Balaban J connectivity index is 1.87. The van der Waals surface area contributed by atoms with Gasteiger partial charge in [-0.3, -0.25) is 9.88 Å². The summed E-state index contributed by atoms with van der Waals surface area (Å²) in [6.07, 6.45) is 1.76. The van der Waals surface area contributed by atoms with Gasteiger partial charge in [0, 0.05) is 37.1 Å². The molecule has 1 aromatic carbocycles. The molecule has 2 N–H and O–H groups in total. The van der Waals surface area contributed by atoms with Crippen LogP contribution in [-0.4, -0.2) is 36.2 Å². The molecule has 3 rings (SSSR count). The molecule has 0 saturated carbocycles. The molecule has 104 valence electrons. The summed E-state index contributed by atoms with van der Waals surface area (Å²) in [5, 5.41) is 0. The van der Waals surface area contributed by atoms with E-state index in [0.29, 0.717) is 0 Å². The number of aromatic nitrogens is 1. The van der Waals surface area contributed by atoms with E-state index in [4.69, 9.17) is 10.5 Å². The molecule has 2 heterocycles. The van der Waals surface area contributed by atoms with Crippen LogP contribution in [0.3, 0.4) is 0 Å². The number of benzene rings is 1. The first-order valence-electron chi connectivity index (χ1n) is 6.93. The maximum atomic E-state index is 5.86. The molecule has 4 heteroatoms. The number of nitrogens with two attached hydrogens (primary N) is 1. The summed E-state index contributed by atoms with van der Waals surface area (Å²) in [7, 11) is 0. The maximum Gasteiger partial charge on any atom is 0.0725 e. The van der Waals surface area contributed by atoms with Gasteiger partial charge >= 0.3 is 0 Å². The molecule has 0 radical (unpaired) electrons. The number of anilines is 1. The van der Waals surface area contributed by atoms with Gasteiger partial charge in [-0.25, -0.2) is 0 Å². The van der Waals surface area contributed by atoms with Gasteiger partial charge in [-0.2, -0.15) is 0 Å². The second-order valence-corrected chi connectivity index (χ2v) is 5.02. The summed E-state index contributed by atoms with van der Waals surface area (Å²) in [5.41, 5.74) is 9.99. The Labute approximate surface area is 119 Å². The van der Waals surface area contributed by atoms with Gasteiger partial charge in [0.05, 0.1) is 18.9 Å². The molecule has 20 heavy (non-hydrogen) atoms. The van der Waals surface area contributed by atoms with Crippen LogP contribution in [0.25, 0.3) is 11.3 Å². The van der Waals surface area contributed by atoms with Crippen LogP contribution in [0.2, 0.25) is 0 Å². The molecular formula is C16H19N3O. The summed E-state index contributed by atoms with van der Waals surface area (Å²) in [5.74, 6) is 0. The standard InChI is InChI=1S/C16H19N3O/c17-14-5-6-18-16(11-14)15-4-2-1-3-13(15)12-19-7-9-20-10-8-19/h1-6,11H,7-10,12H2,(H2,17,18). The van der Waals surface area contributed by atoms with Crippen LogP contribution in [0.15, 0.2) is 42.6 Å². The summed E-state index contributed by atoms with van der Waals surface area (Å²) in [6, 6.07) is 12.1. The van der Waals surface area contributed by atoms with Crippen molar-refractivity contribution in [3.8, 4) is 11.3 Å². The van der Waals surface area contributed by atoms with Crippen molar-refractivity contribution in [3.63, 3.8) is 0 Å². The van der Waals surface area contributed by atoms with Gasteiger partial charge < -0.3 is 10.5 Å². The second-order valence-electron chi connectivity index (χ2n) is 5.02. The smallest absolute Gasteiger partial charge is 0.0725 e. The third-order valence-corrected chi connectivity index (χ3v) is 3.57. The van der Waals surface area contributed by atoms with E-state index in [1.807, 2.05) is 18.2 Å². The summed E-state index contributed by atoms with van der Waals surface area (Å²) < 4.78 is 5.40. The quantitative estimate of drug-likeness (QED) is 0.927. The van der Waals surface area contributed by atoms with E-state index in [1.54, 1.807) is 6.20 Å². The van der Waals surface area contributed by atoms with Crippen molar-refractivity contribution in [2.24, 2.45) is 0 Å². The Morgan fingerprint density at radius 1 is 1.15 bits per heavy atom. The highest BCUT2D eigenvalue weighted by molar-refractivity contribution is 5.66. The third kappa shape index (κ3) is 2.98. The fourth-order valence-electron chi connectivity index (χ4n) is 2.50. The first-order chi connectivity index (χ1) is 9.83. The molecule has 1 aliphatic heterocycles. The third-order valence-electron chi connectivity index (χ3n) is 3.57. The molecule has 0 spiro atoms. The van der Waals surface area contributed by atoms with Crippen molar-refractivity contribution >= 4 is 5.69 Å². The number of pyridine rings is 1. The fourth-order valence-corrected chi connectivity index (χ4v) is 2.50. The van der Waals surface area contributed by atoms with Gasteiger partial charge in [-0.05, 0) is 17.7 Å².